The van der Waals surface area contributed by atoms with Crippen molar-refractivity contribution < 1.29 is 23.0 Å². The van der Waals surface area contributed by atoms with E-state index in [0.29, 0.717) is 6.10 Å². The number of nitrogens with zero attached hydrogens (tertiary/aromatic N) is 2. The summed E-state index contributed by atoms with van der Waals surface area (Å²) < 4.78 is 38.9. The van der Waals surface area contributed by atoms with Gasteiger partial charge in [-0.15, -0.1) is 0 Å². The molecule has 7 heteroatoms. The lowest BCUT2D eigenvalue weighted by atomic mass is 10.0. The van der Waals surface area contributed by atoms with E-state index in [0.717, 1.165) is 56.2 Å². The third-order valence-electron chi connectivity index (χ3n) is 5.83. The van der Waals surface area contributed by atoms with E-state index in [1.807, 2.05) is 31.3 Å². The van der Waals surface area contributed by atoms with Gasteiger partial charge < -0.3 is 19.3 Å². The SMILES string of the molecule is CN1CCC(N(Cc2ccc(F)cc2F)C(=O)OCc2ccc(OC3CC3)cc2)CC1. The Hall–Kier alpha value is -2.67. The summed E-state index contributed by atoms with van der Waals surface area (Å²) in [6.45, 7) is 1.87. The third kappa shape index (κ3) is 5.94. The molecular weight excluding hydrogens is 402 g/mol. The first-order valence-corrected chi connectivity index (χ1v) is 10.8. The van der Waals surface area contributed by atoms with Gasteiger partial charge in [0.15, 0.2) is 0 Å². The minimum Gasteiger partial charge on any atom is -0.490 e. The highest BCUT2D eigenvalue weighted by Crippen LogP contribution is 2.27. The predicted octanol–water partition coefficient (Wildman–Crippen LogP) is 4.74. The molecule has 0 radical (unpaired) electrons. The molecule has 1 saturated carbocycles. The second-order valence-electron chi connectivity index (χ2n) is 8.41. The number of amides is 1. The molecule has 0 N–H and O–H groups in total. The topological polar surface area (TPSA) is 42.0 Å². The molecule has 0 bridgehead atoms. The van der Waals surface area contributed by atoms with E-state index < -0.39 is 17.7 Å². The monoisotopic (exact) mass is 430 g/mol. The van der Waals surface area contributed by atoms with Crippen molar-refractivity contribution in [2.75, 3.05) is 20.1 Å². The maximum Gasteiger partial charge on any atom is 0.410 e. The molecule has 2 fully saturated rings. The molecular formula is C24H28F2N2O3. The Morgan fingerprint density at radius 2 is 1.77 bits per heavy atom. The summed E-state index contributed by atoms with van der Waals surface area (Å²) in [5.41, 5.74) is 1.13. The molecule has 1 aliphatic heterocycles. The summed E-state index contributed by atoms with van der Waals surface area (Å²) in [6, 6.07) is 10.9. The van der Waals surface area contributed by atoms with Crippen LogP contribution in [0.15, 0.2) is 42.5 Å². The van der Waals surface area contributed by atoms with Crippen molar-refractivity contribution in [3.8, 4) is 5.75 Å². The van der Waals surface area contributed by atoms with Gasteiger partial charge >= 0.3 is 6.09 Å². The average molecular weight is 430 g/mol. The van der Waals surface area contributed by atoms with Gasteiger partial charge in [0.2, 0.25) is 0 Å². The summed E-state index contributed by atoms with van der Waals surface area (Å²) in [4.78, 5) is 16.7. The summed E-state index contributed by atoms with van der Waals surface area (Å²) >= 11 is 0. The van der Waals surface area contributed by atoms with Crippen molar-refractivity contribution in [3.05, 3.63) is 65.2 Å². The standard InChI is InChI=1S/C24H28F2N2O3/c1-27-12-10-20(11-13-27)28(15-18-4-5-19(25)14-23(18)26)24(29)30-16-17-2-6-21(7-3-17)31-22-8-9-22/h2-7,14,20,22H,8-13,15-16H2,1H3. The van der Waals surface area contributed by atoms with Crippen LogP contribution in [-0.2, 0) is 17.9 Å². The molecule has 4 rings (SSSR count). The van der Waals surface area contributed by atoms with E-state index in [2.05, 4.69) is 4.90 Å². The molecule has 1 heterocycles. The molecule has 2 aromatic carbocycles. The molecule has 0 spiro atoms. The van der Waals surface area contributed by atoms with Crippen LogP contribution in [-0.4, -0.2) is 48.2 Å². The second-order valence-corrected chi connectivity index (χ2v) is 8.41. The van der Waals surface area contributed by atoms with Crippen LogP contribution in [0.4, 0.5) is 13.6 Å². The van der Waals surface area contributed by atoms with Gasteiger partial charge in [0.1, 0.15) is 24.0 Å². The Morgan fingerprint density at radius 1 is 1.06 bits per heavy atom. The lowest BCUT2D eigenvalue weighted by Crippen LogP contribution is -2.46. The number of rotatable bonds is 7. The van der Waals surface area contributed by atoms with Crippen molar-refractivity contribution in [2.45, 2.75) is 51.0 Å². The van der Waals surface area contributed by atoms with Gasteiger partial charge in [-0.1, -0.05) is 18.2 Å². The number of carbonyl (C=O) groups excluding carboxylic acids is 1. The number of hydrogen-bond donors (Lipinski definition) is 0. The third-order valence-corrected chi connectivity index (χ3v) is 5.83. The van der Waals surface area contributed by atoms with Crippen molar-refractivity contribution in [1.29, 1.82) is 0 Å². The van der Waals surface area contributed by atoms with Crippen LogP contribution >= 0.6 is 0 Å². The Bertz CT molecular complexity index is 894. The molecule has 31 heavy (non-hydrogen) atoms. The maximum atomic E-state index is 14.2. The summed E-state index contributed by atoms with van der Waals surface area (Å²) in [5, 5.41) is 0. The van der Waals surface area contributed by atoms with Gasteiger partial charge in [-0.05, 0) is 69.6 Å². The van der Waals surface area contributed by atoms with Gasteiger partial charge in [-0.25, -0.2) is 13.6 Å². The molecule has 5 nitrogen and oxygen atoms in total. The zero-order valence-corrected chi connectivity index (χ0v) is 17.7. The van der Waals surface area contributed by atoms with Gasteiger partial charge in [0.25, 0.3) is 0 Å². The van der Waals surface area contributed by atoms with E-state index >= 15 is 0 Å². The van der Waals surface area contributed by atoms with Crippen molar-refractivity contribution in [2.24, 2.45) is 0 Å². The van der Waals surface area contributed by atoms with E-state index in [1.54, 1.807) is 4.90 Å². The molecule has 1 saturated heterocycles. The average Bonchev–Trinajstić information content (AvgIpc) is 3.57. The van der Waals surface area contributed by atoms with Crippen molar-refractivity contribution >= 4 is 6.09 Å². The predicted molar refractivity (Wildman–Crippen MR) is 113 cm³/mol. The van der Waals surface area contributed by atoms with Crippen LogP contribution in [0.1, 0.15) is 36.8 Å². The zero-order chi connectivity index (χ0) is 21.8. The van der Waals surface area contributed by atoms with Gasteiger partial charge in [0, 0.05) is 17.7 Å². The first kappa shape index (κ1) is 21.6. The highest BCUT2D eigenvalue weighted by molar-refractivity contribution is 5.68. The van der Waals surface area contributed by atoms with Crippen LogP contribution in [0.25, 0.3) is 0 Å². The number of ether oxygens (including phenoxy) is 2. The fourth-order valence-corrected chi connectivity index (χ4v) is 3.75. The van der Waals surface area contributed by atoms with E-state index in [9.17, 15) is 13.6 Å². The van der Waals surface area contributed by atoms with Gasteiger partial charge in [-0.3, -0.25) is 0 Å². The minimum absolute atomic E-state index is 0.0491. The maximum absolute atomic E-state index is 14.2. The fraction of sp³-hybridized carbons (Fsp3) is 0.458. The number of piperidine rings is 1. The van der Waals surface area contributed by atoms with Crippen LogP contribution < -0.4 is 4.74 Å². The number of carbonyl (C=O) groups is 1. The lowest BCUT2D eigenvalue weighted by molar-refractivity contribution is 0.0599. The number of halogens is 2. The molecule has 0 aromatic heterocycles. The summed E-state index contributed by atoms with van der Waals surface area (Å²) in [6.07, 6.45) is 3.60. The van der Waals surface area contributed by atoms with Gasteiger partial charge in [-0.2, -0.15) is 0 Å². The van der Waals surface area contributed by atoms with E-state index in [-0.39, 0.29) is 24.8 Å². The lowest BCUT2D eigenvalue weighted by Gasteiger charge is -2.36. The Morgan fingerprint density at radius 3 is 2.42 bits per heavy atom. The minimum atomic E-state index is -0.656. The molecule has 2 aromatic rings. The van der Waals surface area contributed by atoms with Crippen LogP contribution in [0, 0.1) is 11.6 Å². The highest BCUT2D eigenvalue weighted by Gasteiger charge is 2.29. The quantitative estimate of drug-likeness (QED) is 0.636. The molecule has 2 aliphatic rings. The molecule has 1 aliphatic carbocycles. The first-order chi connectivity index (χ1) is 15.0. The Balaban J connectivity index is 1.41. The Kier molecular flexibility index (Phi) is 6.70. The molecule has 1 amide bonds. The first-order valence-electron chi connectivity index (χ1n) is 10.8. The fourth-order valence-electron chi connectivity index (χ4n) is 3.75. The van der Waals surface area contributed by atoms with Crippen LogP contribution in [0.3, 0.4) is 0 Å². The largest absolute Gasteiger partial charge is 0.490 e. The van der Waals surface area contributed by atoms with Crippen LogP contribution in [0.2, 0.25) is 0 Å². The summed E-state index contributed by atoms with van der Waals surface area (Å²) in [7, 11) is 2.04. The van der Waals surface area contributed by atoms with Crippen LogP contribution in [0.5, 0.6) is 5.75 Å². The van der Waals surface area contributed by atoms with Gasteiger partial charge in [0.05, 0.1) is 12.6 Å². The molecule has 0 atom stereocenters. The number of hydrogen-bond acceptors (Lipinski definition) is 4. The summed E-state index contributed by atoms with van der Waals surface area (Å²) in [5.74, 6) is -0.474. The Labute approximate surface area is 181 Å². The normalized spacial score (nSPS) is 17.4. The second kappa shape index (κ2) is 9.64. The van der Waals surface area contributed by atoms with E-state index in [4.69, 9.17) is 9.47 Å². The smallest absolute Gasteiger partial charge is 0.410 e. The molecule has 0 unspecified atom stereocenters. The highest BCUT2D eigenvalue weighted by atomic mass is 19.1. The van der Waals surface area contributed by atoms with E-state index in [1.165, 1.54) is 12.1 Å². The molecule has 166 valence electrons. The number of likely N-dealkylation sites (tertiary alicyclic amines) is 1. The van der Waals surface area contributed by atoms with Crippen molar-refractivity contribution in [3.63, 3.8) is 0 Å². The number of benzene rings is 2. The zero-order valence-electron chi connectivity index (χ0n) is 17.7. The van der Waals surface area contributed by atoms with Crippen molar-refractivity contribution in [1.82, 2.24) is 9.80 Å².